The van der Waals surface area contributed by atoms with Gasteiger partial charge in [0.05, 0.1) is 5.54 Å². The molecule has 4 heteroatoms. The standard InChI is InChI=1S/C19H23ClO2Si/c1-13(2)21-23(20,22-14(3)4)19-17-11-7-5-9-15(17)16-10-6-8-12-18(16)19/h5-14,19H,1-4H3. The maximum Gasteiger partial charge on any atom is 0.456 e. The van der Waals surface area contributed by atoms with Crippen LogP contribution < -0.4 is 0 Å². The summed E-state index contributed by atoms with van der Waals surface area (Å²) in [5, 5.41) is 0. The highest BCUT2D eigenvalue weighted by Crippen LogP contribution is 2.50. The molecular formula is C19H23ClO2Si. The van der Waals surface area contributed by atoms with Gasteiger partial charge in [-0.2, -0.15) is 0 Å². The summed E-state index contributed by atoms with van der Waals surface area (Å²) in [4.78, 5) is 0. The molecule has 2 nitrogen and oxygen atoms in total. The van der Waals surface area contributed by atoms with Crippen molar-refractivity contribution in [3.05, 3.63) is 59.7 Å². The molecule has 2 aromatic carbocycles. The van der Waals surface area contributed by atoms with E-state index in [0.717, 1.165) is 0 Å². The van der Waals surface area contributed by atoms with Crippen molar-refractivity contribution in [2.24, 2.45) is 0 Å². The summed E-state index contributed by atoms with van der Waals surface area (Å²) in [5.41, 5.74) is 4.91. The van der Waals surface area contributed by atoms with Crippen LogP contribution in [0.25, 0.3) is 11.1 Å². The van der Waals surface area contributed by atoms with E-state index in [2.05, 4.69) is 48.5 Å². The Morgan fingerprint density at radius 2 is 1.17 bits per heavy atom. The molecule has 0 aliphatic heterocycles. The molecule has 0 saturated carbocycles. The van der Waals surface area contributed by atoms with E-state index >= 15 is 0 Å². The van der Waals surface area contributed by atoms with Crippen LogP contribution in [0.2, 0.25) is 0 Å². The molecule has 122 valence electrons. The number of hydrogen-bond acceptors (Lipinski definition) is 2. The Kier molecular flexibility index (Phi) is 4.65. The topological polar surface area (TPSA) is 18.5 Å². The van der Waals surface area contributed by atoms with Crippen LogP contribution in [0.15, 0.2) is 48.5 Å². The minimum absolute atomic E-state index is 0.0126. The molecule has 1 aliphatic carbocycles. The smallest absolute Gasteiger partial charge is 0.380 e. The number of benzene rings is 2. The van der Waals surface area contributed by atoms with Crippen LogP contribution in [0.5, 0.6) is 0 Å². The van der Waals surface area contributed by atoms with E-state index in [4.69, 9.17) is 19.9 Å². The lowest BCUT2D eigenvalue weighted by molar-refractivity contribution is 0.117. The molecule has 1 aliphatic rings. The zero-order chi connectivity index (χ0) is 16.6. The minimum atomic E-state index is -2.97. The average molecular weight is 347 g/mol. The Balaban J connectivity index is 2.16. The predicted molar refractivity (Wildman–Crippen MR) is 97.8 cm³/mol. The van der Waals surface area contributed by atoms with Crippen LogP contribution in [0.3, 0.4) is 0 Å². The van der Waals surface area contributed by atoms with Crippen LogP contribution in [-0.2, 0) is 8.85 Å². The van der Waals surface area contributed by atoms with Crippen LogP contribution in [0.4, 0.5) is 0 Å². The Hall–Kier alpha value is -1.13. The maximum absolute atomic E-state index is 7.09. The molecule has 0 radical (unpaired) electrons. The number of hydrogen-bond donors (Lipinski definition) is 0. The highest BCUT2D eigenvalue weighted by molar-refractivity contribution is 7.14. The first kappa shape index (κ1) is 16.7. The largest absolute Gasteiger partial charge is 0.456 e. The fourth-order valence-corrected chi connectivity index (χ4v) is 7.97. The molecule has 23 heavy (non-hydrogen) atoms. The molecule has 0 aromatic heterocycles. The van der Waals surface area contributed by atoms with Crippen molar-refractivity contribution >= 4 is 18.9 Å². The molecular weight excluding hydrogens is 324 g/mol. The first-order chi connectivity index (χ1) is 10.9. The molecule has 0 unspecified atom stereocenters. The van der Waals surface area contributed by atoms with Gasteiger partial charge in [0.2, 0.25) is 0 Å². The third kappa shape index (κ3) is 3.11. The van der Waals surface area contributed by atoms with Gasteiger partial charge in [-0.15, -0.1) is 0 Å². The van der Waals surface area contributed by atoms with Gasteiger partial charge in [-0.1, -0.05) is 59.6 Å². The third-order valence-corrected chi connectivity index (χ3v) is 8.06. The maximum atomic E-state index is 7.09. The lowest BCUT2D eigenvalue weighted by Gasteiger charge is -2.34. The lowest BCUT2D eigenvalue weighted by atomic mass is 10.1. The molecule has 0 bridgehead atoms. The van der Waals surface area contributed by atoms with Gasteiger partial charge in [-0.3, -0.25) is 0 Å². The number of halogens is 1. The quantitative estimate of drug-likeness (QED) is 0.535. The second-order valence-electron chi connectivity index (χ2n) is 6.52. The van der Waals surface area contributed by atoms with E-state index in [0.29, 0.717) is 0 Å². The normalized spacial score (nSPS) is 14.4. The summed E-state index contributed by atoms with van der Waals surface area (Å²) in [6, 6.07) is 16.9. The van der Waals surface area contributed by atoms with E-state index in [1.54, 1.807) is 0 Å². The van der Waals surface area contributed by atoms with Gasteiger partial charge < -0.3 is 8.85 Å². The highest BCUT2D eigenvalue weighted by atomic mass is 35.6. The van der Waals surface area contributed by atoms with Crippen molar-refractivity contribution in [2.45, 2.75) is 45.4 Å². The van der Waals surface area contributed by atoms with Gasteiger partial charge in [0.1, 0.15) is 0 Å². The fourth-order valence-electron chi connectivity index (χ4n) is 3.33. The van der Waals surface area contributed by atoms with Gasteiger partial charge in [-0.05, 0) is 49.9 Å². The van der Waals surface area contributed by atoms with Gasteiger partial charge >= 0.3 is 7.87 Å². The van der Waals surface area contributed by atoms with Crippen molar-refractivity contribution in [2.75, 3.05) is 0 Å². The Morgan fingerprint density at radius 1 is 0.783 bits per heavy atom. The predicted octanol–water partition coefficient (Wildman–Crippen LogP) is 5.37. The zero-order valence-electron chi connectivity index (χ0n) is 14.0. The van der Waals surface area contributed by atoms with Crippen molar-refractivity contribution < 1.29 is 8.85 Å². The number of fused-ring (bicyclic) bond motifs is 3. The highest BCUT2D eigenvalue weighted by Gasteiger charge is 2.52. The number of rotatable bonds is 5. The molecule has 0 fully saturated rings. The molecule has 0 spiro atoms. The summed E-state index contributed by atoms with van der Waals surface area (Å²) >= 11 is 7.09. The van der Waals surface area contributed by atoms with Gasteiger partial charge in [-0.25, -0.2) is 0 Å². The summed E-state index contributed by atoms with van der Waals surface area (Å²) in [7, 11) is -2.97. The van der Waals surface area contributed by atoms with Gasteiger partial charge in [0.15, 0.2) is 0 Å². The first-order valence-corrected chi connectivity index (χ1v) is 11.1. The van der Waals surface area contributed by atoms with Crippen LogP contribution in [0.1, 0.15) is 44.4 Å². The molecule has 0 amide bonds. The van der Waals surface area contributed by atoms with Gasteiger partial charge in [0, 0.05) is 12.2 Å². The Labute approximate surface area is 144 Å². The van der Waals surface area contributed by atoms with Crippen molar-refractivity contribution in [1.82, 2.24) is 0 Å². The summed E-state index contributed by atoms with van der Waals surface area (Å²) in [5.74, 6) is 0. The second-order valence-corrected chi connectivity index (χ2v) is 10.3. The molecule has 0 atom stereocenters. The molecule has 0 saturated heterocycles. The van der Waals surface area contributed by atoms with E-state index in [-0.39, 0.29) is 17.7 Å². The van der Waals surface area contributed by atoms with E-state index in [1.165, 1.54) is 22.3 Å². The monoisotopic (exact) mass is 346 g/mol. The Morgan fingerprint density at radius 3 is 1.57 bits per heavy atom. The van der Waals surface area contributed by atoms with Crippen LogP contribution >= 0.6 is 11.1 Å². The summed E-state index contributed by atoms with van der Waals surface area (Å²) in [6.07, 6.45) is 0.0516. The Bertz CT molecular complexity index is 644. The zero-order valence-corrected chi connectivity index (χ0v) is 15.8. The van der Waals surface area contributed by atoms with E-state index < -0.39 is 7.87 Å². The fraction of sp³-hybridized carbons (Fsp3) is 0.368. The van der Waals surface area contributed by atoms with Crippen LogP contribution in [-0.4, -0.2) is 20.1 Å². The van der Waals surface area contributed by atoms with Crippen molar-refractivity contribution in [3.8, 4) is 11.1 Å². The third-order valence-electron chi connectivity index (χ3n) is 3.97. The summed E-state index contributed by atoms with van der Waals surface area (Å²) in [6.45, 7) is 8.06. The minimum Gasteiger partial charge on any atom is -0.380 e. The van der Waals surface area contributed by atoms with Crippen LogP contribution in [0, 0.1) is 0 Å². The second kappa shape index (κ2) is 6.40. The van der Waals surface area contributed by atoms with E-state index in [1.807, 2.05) is 27.7 Å². The molecule has 3 rings (SSSR count). The first-order valence-electron chi connectivity index (χ1n) is 8.15. The molecule has 2 aromatic rings. The molecule has 0 N–H and O–H groups in total. The summed E-state index contributed by atoms with van der Waals surface area (Å²) < 4.78 is 12.5. The van der Waals surface area contributed by atoms with E-state index in [9.17, 15) is 0 Å². The van der Waals surface area contributed by atoms with Gasteiger partial charge in [0.25, 0.3) is 0 Å². The average Bonchev–Trinajstić information content (AvgIpc) is 2.80. The van der Waals surface area contributed by atoms with Crippen molar-refractivity contribution in [3.63, 3.8) is 0 Å². The van der Waals surface area contributed by atoms with Crippen molar-refractivity contribution in [1.29, 1.82) is 0 Å². The molecule has 0 heterocycles. The lowest BCUT2D eigenvalue weighted by Crippen LogP contribution is -2.46. The SMILES string of the molecule is CC(C)O[Si](Cl)(OC(C)C)C1c2ccccc2-c2ccccc21.